The van der Waals surface area contributed by atoms with E-state index in [0.717, 1.165) is 36.9 Å². The summed E-state index contributed by atoms with van der Waals surface area (Å²) >= 11 is 0. The first-order chi connectivity index (χ1) is 12.5. The molecule has 0 radical (unpaired) electrons. The molecular formula is C20H26N2O3S. The molecule has 6 heteroatoms. The number of unbranched alkanes of at least 4 members (excludes halogenated alkanes) is 2. The van der Waals surface area contributed by atoms with Crippen LogP contribution < -0.4 is 10.0 Å². The first-order valence-electron chi connectivity index (χ1n) is 8.97. The lowest BCUT2D eigenvalue weighted by Gasteiger charge is -2.10. The quantitative estimate of drug-likeness (QED) is 0.652. The van der Waals surface area contributed by atoms with Crippen LogP contribution in [0, 0.1) is 0 Å². The van der Waals surface area contributed by atoms with Gasteiger partial charge in [0.15, 0.2) is 0 Å². The van der Waals surface area contributed by atoms with Crippen LogP contribution in [0.2, 0.25) is 0 Å². The Morgan fingerprint density at radius 3 is 2.31 bits per heavy atom. The number of hydrogen-bond donors (Lipinski definition) is 2. The molecule has 0 bridgehead atoms. The van der Waals surface area contributed by atoms with Crippen molar-refractivity contribution in [2.45, 2.75) is 44.4 Å². The lowest BCUT2D eigenvalue weighted by Crippen LogP contribution is -2.24. The van der Waals surface area contributed by atoms with Gasteiger partial charge in [0, 0.05) is 17.8 Å². The fourth-order valence-corrected chi connectivity index (χ4v) is 3.67. The molecule has 0 heterocycles. The molecular weight excluding hydrogens is 348 g/mol. The maximum absolute atomic E-state index is 12.4. The maximum Gasteiger partial charge on any atom is 0.255 e. The normalized spacial score (nSPS) is 11.3. The molecule has 0 aliphatic heterocycles. The van der Waals surface area contributed by atoms with E-state index in [1.165, 1.54) is 24.3 Å². The number of carbonyl (C=O) groups is 1. The summed E-state index contributed by atoms with van der Waals surface area (Å²) in [7, 11) is -3.53. The van der Waals surface area contributed by atoms with Crippen LogP contribution in [-0.2, 0) is 16.4 Å². The molecule has 140 valence electrons. The van der Waals surface area contributed by atoms with Crippen LogP contribution >= 0.6 is 0 Å². The molecule has 2 aromatic rings. The molecule has 0 aliphatic rings. The van der Waals surface area contributed by atoms with E-state index in [9.17, 15) is 13.2 Å². The number of rotatable bonds is 9. The van der Waals surface area contributed by atoms with E-state index in [1.807, 2.05) is 31.2 Å². The highest BCUT2D eigenvalue weighted by atomic mass is 32.2. The predicted octanol–water partition coefficient (Wildman–Crippen LogP) is 3.97. The second kappa shape index (κ2) is 9.50. The van der Waals surface area contributed by atoms with Gasteiger partial charge in [-0.15, -0.1) is 0 Å². The highest BCUT2D eigenvalue weighted by molar-refractivity contribution is 7.89. The van der Waals surface area contributed by atoms with Crippen LogP contribution in [0.4, 0.5) is 5.69 Å². The highest BCUT2D eigenvalue weighted by Gasteiger charge is 2.15. The van der Waals surface area contributed by atoms with Crippen LogP contribution in [0.5, 0.6) is 0 Å². The average Bonchev–Trinajstić information content (AvgIpc) is 2.66. The Kier molecular flexibility index (Phi) is 7.36. The zero-order valence-electron chi connectivity index (χ0n) is 15.3. The second-order valence-corrected chi connectivity index (χ2v) is 7.86. The molecule has 0 spiro atoms. The standard InChI is InChI=1S/C20H26N2O3S/c1-3-5-8-15-21-26(24,25)18-13-11-17(12-14-18)20(23)22-19-10-7-6-9-16(19)4-2/h6-7,9-14,21H,3-5,8,15H2,1-2H3,(H,22,23). The van der Waals surface area contributed by atoms with Gasteiger partial charge in [0.25, 0.3) is 5.91 Å². The van der Waals surface area contributed by atoms with Gasteiger partial charge in [-0.3, -0.25) is 4.79 Å². The van der Waals surface area contributed by atoms with Crippen molar-refractivity contribution in [2.75, 3.05) is 11.9 Å². The molecule has 5 nitrogen and oxygen atoms in total. The first-order valence-corrected chi connectivity index (χ1v) is 10.4. The van der Waals surface area contributed by atoms with E-state index in [1.54, 1.807) is 0 Å². The first kappa shape index (κ1) is 20.1. The molecule has 2 N–H and O–H groups in total. The monoisotopic (exact) mass is 374 g/mol. The maximum atomic E-state index is 12.4. The van der Waals surface area contributed by atoms with Gasteiger partial charge in [0.05, 0.1) is 4.90 Å². The number of hydrogen-bond acceptors (Lipinski definition) is 3. The molecule has 0 aromatic heterocycles. The Bertz CT molecular complexity index is 830. The summed E-state index contributed by atoms with van der Waals surface area (Å²) < 4.78 is 27.1. The van der Waals surface area contributed by atoms with E-state index in [-0.39, 0.29) is 10.8 Å². The Morgan fingerprint density at radius 2 is 1.65 bits per heavy atom. The average molecular weight is 375 g/mol. The number of para-hydroxylation sites is 1. The molecule has 0 saturated heterocycles. The number of sulfonamides is 1. The molecule has 0 fully saturated rings. The number of aryl methyl sites for hydroxylation is 1. The fourth-order valence-electron chi connectivity index (χ4n) is 2.60. The third-order valence-corrected chi connectivity index (χ3v) is 5.62. The number of carbonyl (C=O) groups excluding carboxylic acids is 1. The summed E-state index contributed by atoms with van der Waals surface area (Å²) in [6.45, 7) is 4.52. The summed E-state index contributed by atoms with van der Waals surface area (Å²) in [5.41, 5.74) is 2.24. The van der Waals surface area contributed by atoms with E-state index in [2.05, 4.69) is 17.0 Å². The third kappa shape index (κ3) is 5.41. The molecule has 0 atom stereocenters. The molecule has 2 aromatic carbocycles. The topological polar surface area (TPSA) is 75.3 Å². The van der Waals surface area contributed by atoms with Crippen molar-refractivity contribution in [3.8, 4) is 0 Å². The lowest BCUT2D eigenvalue weighted by atomic mass is 10.1. The van der Waals surface area contributed by atoms with Crippen LogP contribution in [0.3, 0.4) is 0 Å². The van der Waals surface area contributed by atoms with Gasteiger partial charge in [-0.05, 0) is 48.7 Å². The van der Waals surface area contributed by atoms with Crippen molar-refractivity contribution in [3.63, 3.8) is 0 Å². The van der Waals surface area contributed by atoms with E-state index < -0.39 is 10.0 Å². The van der Waals surface area contributed by atoms with Crippen LogP contribution in [0.15, 0.2) is 53.4 Å². The van der Waals surface area contributed by atoms with Crippen molar-refractivity contribution in [1.82, 2.24) is 4.72 Å². The van der Waals surface area contributed by atoms with Crippen molar-refractivity contribution < 1.29 is 13.2 Å². The minimum absolute atomic E-state index is 0.166. The van der Waals surface area contributed by atoms with Crippen LogP contribution in [-0.4, -0.2) is 20.9 Å². The van der Waals surface area contributed by atoms with Crippen molar-refractivity contribution in [1.29, 1.82) is 0 Å². The summed E-state index contributed by atoms with van der Waals surface area (Å²) in [4.78, 5) is 12.6. The van der Waals surface area contributed by atoms with Crippen molar-refractivity contribution >= 4 is 21.6 Å². The summed E-state index contributed by atoms with van der Waals surface area (Å²) in [6.07, 6.45) is 3.65. The minimum atomic E-state index is -3.53. The second-order valence-electron chi connectivity index (χ2n) is 6.09. The molecule has 1 amide bonds. The number of benzene rings is 2. The van der Waals surface area contributed by atoms with E-state index >= 15 is 0 Å². The zero-order valence-corrected chi connectivity index (χ0v) is 16.1. The molecule has 26 heavy (non-hydrogen) atoms. The molecule has 0 unspecified atom stereocenters. The Labute approximate surface area is 155 Å². The molecule has 0 aliphatic carbocycles. The SMILES string of the molecule is CCCCCNS(=O)(=O)c1ccc(C(=O)Nc2ccccc2CC)cc1. The highest BCUT2D eigenvalue weighted by Crippen LogP contribution is 2.17. The summed E-state index contributed by atoms with van der Waals surface area (Å²) in [6, 6.07) is 13.6. The lowest BCUT2D eigenvalue weighted by molar-refractivity contribution is 0.102. The Hall–Kier alpha value is -2.18. The van der Waals surface area contributed by atoms with Crippen LogP contribution in [0.1, 0.15) is 49.0 Å². The Morgan fingerprint density at radius 1 is 0.962 bits per heavy atom. The van der Waals surface area contributed by atoms with Gasteiger partial charge >= 0.3 is 0 Å². The number of amides is 1. The van der Waals surface area contributed by atoms with Gasteiger partial charge in [0.1, 0.15) is 0 Å². The van der Waals surface area contributed by atoms with Gasteiger partial charge < -0.3 is 5.32 Å². The fraction of sp³-hybridized carbons (Fsp3) is 0.350. The Balaban J connectivity index is 2.05. The van der Waals surface area contributed by atoms with Gasteiger partial charge in [-0.2, -0.15) is 0 Å². The summed E-state index contributed by atoms with van der Waals surface area (Å²) in [5, 5.41) is 2.88. The van der Waals surface area contributed by atoms with Gasteiger partial charge in [-0.1, -0.05) is 44.9 Å². The number of nitrogens with one attached hydrogen (secondary N) is 2. The summed E-state index contributed by atoms with van der Waals surface area (Å²) in [5.74, 6) is -0.259. The molecule has 2 rings (SSSR count). The van der Waals surface area contributed by atoms with Gasteiger partial charge in [0.2, 0.25) is 10.0 Å². The zero-order chi connectivity index (χ0) is 19.0. The smallest absolute Gasteiger partial charge is 0.255 e. The largest absolute Gasteiger partial charge is 0.322 e. The third-order valence-electron chi connectivity index (χ3n) is 4.15. The number of anilines is 1. The molecule has 0 saturated carbocycles. The van der Waals surface area contributed by atoms with Crippen molar-refractivity contribution in [3.05, 3.63) is 59.7 Å². The van der Waals surface area contributed by atoms with E-state index in [0.29, 0.717) is 12.1 Å². The van der Waals surface area contributed by atoms with E-state index in [4.69, 9.17) is 0 Å². The van der Waals surface area contributed by atoms with Gasteiger partial charge in [-0.25, -0.2) is 13.1 Å². The van der Waals surface area contributed by atoms with Crippen LogP contribution in [0.25, 0.3) is 0 Å². The predicted molar refractivity (Wildman–Crippen MR) is 105 cm³/mol. The van der Waals surface area contributed by atoms with Crippen molar-refractivity contribution in [2.24, 2.45) is 0 Å². The minimum Gasteiger partial charge on any atom is -0.322 e.